The fraction of sp³-hybridized carbons (Fsp3) is 0.406. The van der Waals surface area contributed by atoms with Crippen molar-refractivity contribution in [1.29, 1.82) is 0 Å². The number of methoxy groups -OCH3 is 1. The van der Waals surface area contributed by atoms with Crippen LogP contribution in [0.2, 0.25) is 0 Å². The summed E-state index contributed by atoms with van der Waals surface area (Å²) in [5.74, 6) is 1.71. The van der Waals surface area contributed by atoms with Gasteiger partial charge in [0.1, 0.15) is 25.3 Å². The van der Waals surface area contributed by atoms with Crippen LogP contribution in [0.5, 0.6) is 5.75 Å². The second-order valence-corrected chi connectivity index (χ2v) is 12.8. The molecular formula is C32H37BFN7O2. The zero-order valence-electron chi connectivity index (χ0n) is 25.2. The van der Waals surface area contributed by atoms with Crippen LogP contribution in [-0.4, -0.2) is 74.4 Å². The molecule has 0 spiro atoms. The number of benzene rings is 2. The number of fused-ring (bicyclic) bond motifs is 2. The van der Waals surface area contributed by atoms with Crippen molar-refractivity contribution in [3.05, 3.63) is 65.5 Å². The Kier molecular flexibility index (Phi) is 6.61. The van der Waals surface area contributed by atoms with Gasteiger partial charge in [-0.15, -0.1) is 0 Å². The number of aryl methyl sites for hydroxylation is 2. The second-order valence-electron chi connectivity index (χ2n) is 12.8. The standard InChI is InChI=1S/C32H37BFN7O2/c1-19-10-24(38(2)37-19)17-41-29-25(11-22(13-28(29)43-3)31(42)39-16-23(34)14-32(33,35)18-39)36-30(41)27-12-21-6-4-5-7-26(21)40(27)15-20-8-9-20/h4-7,10-13,20,23H,8-9,14-18,33,35H2,1-3H3/t23-,32?/m1/s1. The molecule has 5 aromatic rings. The predicted molar refractivity (Wildman–Crippen MR) is 168 cm³/mol. The number of piperidine rings is 1. The van der Waals surface area contributed by atoms with Crippen LogP contribution >= 0.6 is 0 Å². The molecule has 11 heteroatoms. The van der Waals surface area contributed by atoms with E-state index < -0.39 is 11.6 Å². The quantitative estimate of drug-likeness (QED) is 0.296. The minimum Gasteiger partial charge on any atom is -0.494 e. The van der Waals surface area contributed by atoms with E-state index in [1.807, 2.05) is 18.7 Å². The molecule has 4 heterocycles. The molecule has 43 heavy (non-hydrogen) atoms. The Hall–Kier alpha value is -4.12. The molecule has 1 amide bonds. The molecule has 2 aliphatic rings. The van der Waals surface area contributed by atoms with Crippen molar-refractivity contribution in [3.63, 3.8) is 0 Å². The predicted octanol–water partition coefficient (Wildman–Crippen LogP) is 3.64. The first-order valence-electron chi connectivity index (χ1n) is 15.0. The van der Waals surface area contributed by atoms with Crippen molar-refractivity contribution in [3.8, 4) is 17.3 Å². The second kappa shape index (κ2) is 10.3. The largest absolute Gasteiger partial charge is 0.494 e. The topological polar surface area (TPSA) is 96.1 Å². The summed E-state index contributed by atoms with van der Waals surface area (Å²) < 4.78 is 27.0. The summed E-state index contributed by atoms with van der Waals surface area (Å²) in [6, 6.07) is 16.3. The van der Waals surface area contributed by atoms with Crippen LogP contribution in [0.3, 0.4) is 0 Å². The molecule has 1 saturated carbocycles. The third-order valence-electron chi connectivity index (χ3n) is 8.82. The summed E-state index contributed by atoms with van der Waals surface area (Å²) in [4.78, 5) is 20.5. The summed E-state index contributed by atoms with van der Waals surface area (Å²) in [6.45, 7) is 3.73. The van der Waals surface area contributed by atoms with Gasteiger partial charge in [0.05, 0.1) is 42.8 Å². The van der Waals surface area contributed by atoms with Crippen LogP contribution in [0.1, 0.15) is 41.0 Å². The Labute approximate surface area is 250 Å². The number of carbonyl (C=O) groups excluding carboxylic acids is 1. The lowest BCUT2D eigenvalue weighted by Crippen LogP contribution is -2.59. The number of likely N-dealkylation sites (tertiary alicyclic amines) is 1. The van der Waals surface area contributed by atoms with E-state index in [0.29, 0.717) is 29.3 Å². The average molecular weight is 582 g/mol. The number of carbonyl (C=O) groups is 1. The fourth-order valence-corrected chi connectivity index (χ4v) is 6.70. The number of alkyl halides is 1. The first kappa shape index (κ1) is 27.7. The van der Waals surface area contributed by atoms with Crippen LogP contribution in [0.15, 0.2) is 48.5 Å². The monoisotopic (exact) mass is 581 g/mol. The number of nitrogens with two attached hydrogens (primary N) is 1. The van der Waals surface area contributed by atoms with Crippen LogP contribution in [0.4, 0.5) is 4.39 Å². The number of nitrogens with zero attached hydrogens (tertiary/aromatic N) is 6. The van der Waals surface area contributed by atoms with Crippen molar-refractivity contribution >= 4 is 35.7 Å². The van der Waals surface area contributed by atoms with E-state index in [-0.39, 0.29) is 25.4 Å². The summed E-state index contributed by atoms with van der Waals surface area (Å²) >= 11 is 0. The summed E-state index contributed by atoms with van der Waals surface area (Å²) in [5, 5.41) is 5.74. The van der Waals surface area contributed by atoms with Gasteiger partial charge in [-0.05, 0) is 62.4 Å². The lowest BCUT2D eigenvalue weighted by Gasteiger charge is -2.39. The summed E-state index contributed by atoms with van der Waals surface area (Å²) in [6.07, 6.45) is 1.53. The highest BCUT2D eigenvalue weighted by Gasteiger charge is 2.36. The number of hydrogen-bond donors (Lipinski definition) is 1. The number of rotatable bonds is 7. The summed E-state index contributed by atoms with van der Waals surface area (Å²) in [5.41, 5.74) is 11.5. The van der Waals surface area contributed by atoms with E-state index in [1.165, 1.54) is 23.3 Å². The van der Waals surface area contributed by atoms with Crippen molar-refractivity contribution in [2.45, 2.75) is 50.9 Å². The molecule has 2 atom stereocenters. The van der Waals surface area contributed by atoms with Gasteiger partial charge in [-0.1, -0.05) is 18.2 Å². The van der Waals surface area contributed by atoms with E-state index in [0.717, 1.165) is 40.4 Å². The summed E-state index contributed by atoms with van der Waals surface area (Å²) in [7, 11) is 5.34. The molecule has 1 saturated heterocycles. The molecule has 7 rings (SSSR count). The molecule has 1 unspecified atom stereocenters. The van der Waals surface area contributed by atoms with Gasteiger partial charge in [0, 0.05) is 42.0 Å². The Bertz CT molecular complexity index is 1870. The maximum Gasteiger partial charge on any atom is 0.254 e. The van der Waals surface area contributed by atoms with E-state index in [9.17, 15) is 9.18 Å². The minimum absolute atomic E-state index is 0.0206. The molecule has 1 aliphatic heterocycles. The van der Waals surface area contributed by atoms with Gasteiger partial charge < -0.3 is 24.5 Å². The molecule has 0 bridgehead atoms. The van der Waals surface area contributed by atoms with Crippen molar-refractivity contribution in [1.82, 2.24) is 28.8 Å². The Morgan fingerprint density at radius 2 is 1.98 bits per heavy atom. The average Bonchev–Trinajstić information content (AvgIpc) is 3.49. The number of halogens is 1. The molecule has 2 aromatic carbocycles. The van der Waals surface area contributed by atoms with Gasteiger partial charge in [0.25, 0.3) is 5.91 Å². The molecule has 2 fully saturated rings. The highest BCUT2D eigenvalue weighted by Crippen LogP contribution is 2.39. The highest BCUT2D eigenvalue weighted by atomic mass is 19.1. The SMILES string of the molecule is BC1(N)C[C@@H](F)CN(C(=O)c2cc(OC)c3c(c2)nc(-c2cc4ccccc4n2CC2CC2)n3Cc2cc(C)nn2C)C1. The third kappa shape index (κ3) is 5.09. The lowest BCUT2D eigenvalue weighted by atomic mass is 9.72. The molecule has 9 nitrogen and oxygen atoms in total. The smallest absolute Gasteiger partial charge is 0.254 e. The zero-order chi connectivity index (χ0) is 30.0. The zero-order valence-corrected chi connectivity index (χ0v) is 25.2. The molecule has 2 N–H and O–H groups in total. The van der Waals surface area contributed by atoms with E-state index in [2.05, 4.69) is 50.6 Å². The van der Waals surface area contributed by atoms with Gasteiger partial charge in [-0.2, -0.15) is 5.10 Å². The molecule has 222 valence electrons. The van der Waals surface area contributed by atoms with E-state index in [1.54, 1.807) is 27.1 Å². The van der Waals surface area contributed by atoms with Crippen LogP contribution in [0, 0.1) is 12.8 Å². The number of para-hydroxylation sites is 1. The number of imidazole rings is 1. The molecule has 3 aromatic heterocycles. The highest BCUT2D eigenvalue weighted by molar-refractivity contribution is 6.15. The maximum absolute atomic E-state index is 14.6. The van der Waals surface area contributed by atoms with Gasteiger partial charge in [-0.3, -0.25) is 9.48 Å². The fourth-order valence-electron chi connectivity index (χ4n) is 6.70. The Balaban J connectivity index is 1.42. The van der Waals surface area contributed by atoms with E-state index >= 15 is 0 Å². The third-order valence-corrected chi connectivity index (χ3v) is 8.82. The van der Waals surface area contributed by atoms with Crippen LogP contribution in [-0.2, 0) is 20.1 Å². The number of amides is 1. The Morgan fingerprint density at radius 1 is 1.19 bits per heavy atom. The van der Waals surface area contributed by atoms with Gasteiger partial charge in [0.2, 0.25) is 0 Å². The van der Waals surface area contributed by atoms with Crippen molar-refractivity contribution < 1.29 is 13.9 Å². The molecule has 0 radical (unpaired) electrons. The van der Waals surface area contributed by atoms with Gasteiger partial charge >= 0.3 is 0 Å². The van der Waals surface area contributed by atoms with Gasteiger partial charge in [0.15, 0.2) is 5.82 Å². The Morgan fingerprint density at radius 3 is 2.67 bits per heavy atom. The number of hydrogen-bond acceptors (Lipinski definition) is 5. The van der Waals surface area contributed by atoms with E-state index in [4.69, 9.17) is 15.5 Å². The first-order valence-corrected chi connectivity index (χ1v) is 15.0. The van der Waals surface area contributed by atoms with Crippen LogP contribution < -0.4 is 10.5 Å². The molecular weight excluding hydrogens is 544 g/mol. The maximum atomic E-state index is 14.6. The van der Waals surface area contributed by atoms with Gasteiger partial charge in [-0.25, -0.2) is 9.37 Å². The normalized spacial score (nSPS) is 20.8. The first-order chi connectivity index (χ1) is 20.6. The number of ether oxygens (including phenoxy) is 1. The minimum atomic E-state index is -1.17. The van der Waals surface area contributed by atoms with Crippen molar-refractivity contribution in [2.24, 2.45) is 18.7 Å². The van der Waals surface area contributed by atoms with Crippen LogP contribution in [0.25, 0.3) is 33.5 Å². The number of aromatic nitrogens is 5. The van der Waals surface area contributed by atoms with Crippen molar-refractivity contribution in [2.75, 3.05) is 20.2 Å². The molecule has 1 aliphatic carbocycles. The lowest BCUT2D eigenvalue weighted by molar-refractivity contribution is 0.0574.